The van der Waals surface area contributed by atoms with Gasteiger partial charge in [-0.15, -0.1) is 0 Å². The van der Waals surface area contributed by atoms with E-state index in [0.29, 0.717) is 12.0 Å². The zero-order valence-electron chi connectivity index (χ0n) is 9.42. The Kier molecular flexibility index (Phi) is 5.45. The topological polar surface area (TPSA) is 44.3 Å². The van der Waals surface area contributed by atoms with Crippen LogP contribution in [-0.4, -0.2) is 36.9 Å². The van der Waals surface area contributed by atoms with Crippen molar-refractivity contribution in [3.63, 3.8) is 0 Å². The highest BCUT2D eigenvalue weighted by atomic mass is 16.3. The molecule has 3 heteroatoms. The van der Waals surface area contributed by atoms with Gasteiger partial charge in [-0.25, -0.2) is 0 Å². The third kappa shape index (κ3) is 3.95. The molecule has 2 unspecified atom stereocenters. The maximum atomic E-state index is 9.22. The average Bonchev–Trinajstić information content (AvgIpc) is 2.41. The zero-order valence-corrected chi connectivity index (χ0v) is 9.42. The fraction of sp³-hybridized carbons (Fsp3) is 1.00. The van der Waals surface area contributed by atoms with Crippen LogP contribution < -0.4 is 10.6 Å². The minimum Gasteiger partial charge on any atom is -0.395 e. The van der Waals surface area contributed by atoms with Crippen LogP contribution in [0.5, 0.6) is 0 Å². The van der Waals surface area contributed by atoms with Crippen molar-refractivity contribution < 1.29 is 5.11 Å². The standard InChI is InChI=1S/C11H24N2O/c1-9(2)11(8-14)13-10-4-3-6-12-7-5-10/h9-14H,3-8H2,1-2H3. The van der Waals surface area contributed by atoms with Crippen LogP contribution >= 0.6 is 0 Å². The Morgan fingerprint density at radius 3 is 2.79 bits per heavy atom. The molecule has 0 aromatic carbocycles. The summed E-state index contributed by atoms with van der Waals surface area (Å²) in [6.07, 6.45) is 3.66. The number of aliphatic hydroxyl groups excluding tert-OH is 1. The molecule has 84 valence electrons. The fourth-order valence-corrected chi connectivity index (χ4v) is 1.94. The van der Waals surface area contributed by atoms with E-state index >= 15 is 0 Å². The Balaban J connectivity index is 2.32. The van der Waals surface area contributed by atoms with Crippen LogP contribution in [0.1, 0.15) is 33.1 Å². The molecule has 1 aliphatic heterocycles. The number of hydrogen-bond acceptors (Lipinski definition) is 3. The van der Waals surface area contributed by atoms with Crippen LogP contribution in [0.3, 0.4) is 0 Å². The summed E-state index contributed by atoms with van der Waals surface area (Å²) in [4.78, 5) is 0. The van der Waals surface area contributed by atoms with Gasteiger partial charge in [0.2, 0.25) is 0 Å². The molecule has 2 atom stereocenters. The first kappa shape index (κ1) is 12.0. The largest absolute Gasteiger partial charge is 0.395 e. The highest BCUT2D eigenvalue weighted by Gasteiger charge is 2.18. The molecule has 14 heavy (non-hydrogen) atoms. The van der Waals surface area contributed by atoms with Crippen molar-refractivity contribution in [3.8, 4) is 0 Å². The Morgan fingerprint density at radius 1 is 1.36 bits per heavy atom. The quantitative estimate of drug-likeness (QED) is 0.627. The molecule has 0 aliphatic carbocycles. The highest BCUT2D eigenvalue weighted by Crippen LogP contribution is 2.09. The normalized spacial score (nSPS) is 26.1. The first-order valence-electron chi connectivity index (χ1n) is 5.81. The highest BCUT2D eigenvalue weighted by molar-refractivity contribution is 4.78. The lowest BCUT2D eigenvalue weighted by atomic mass is 10.0. The zero-order chi connectivity index (χ0) is 10.4. The van der Waals surface area contributed by atoms with E-state index in [1.807, 2.05) is 0 Å². The summed E-state index contributed by atoms with van der Waals surface area (Å²) in [5.74, 6) is 0.510. The van der Waals surface area contributed by atoms with Crippen molar-refractivity contribution in [1.29, 1.82) is 0 Å². The van der Waals surface area contributed by atoms with E-state index in [4.69, 9.17) is 0 Å². The van der Waals surface area contributed by atoms with Crippen molar-refractivity contribution in [3.05, 3.63) is 0 Å². The summed E-state index contributed by atoms with van der Waals surface area (Å²) in [7, 11) is 0. The number of hydrogen-bond donors (Lipinski definition) is 3. The van der Waals surface area contributed by atoms with Gasteiger partial charge >= 0.3 is 0 Å². The molecule has 0 bridgehead atoms. The lowest BCUT2D eigenvalue weighted by molar-refractivity contribution is 0.195. The summed E-state index contributed by atoms with van der Waals surface area (Å²) < 4.78 is 0. The lowest BCUT2D eigenvalue weighted by Crippen LogP contribution is -2.44. The molecule has 1 fully saturated rings. The van der Waals surface area contributed by atoms with Gasteiger partial charge in [0, 0.05) is 12.1 Å². The summed E-state index contributed by atoms with van der Waals surface area (Å²) in [5.41, 5.74) is 0. The fourth-order valence-electron chi connectivity index (χ4n) is 1.94. The SMILES string of the molecule is CC(C)C(CO)NC1CCCNCC1. The molecular formula is C11H24N2O. The Hall–Kier alpha value is -0.120. The minimum absolute atomic E-state index is 0.252. The Labute approximate surface area is 87.3 Å². The molecule has 0 aromatic heterocycles. The van der Waals surface area contributed by atoms with Gasteiger partial charge in [-0.1, -0.05) is 13.8 Å². The van der Waals surface area contributed by atoms with E-state index in [0.717, 1.165) is 13.1 Å². The molecular weight excluding hydrogens is 176 g/mol. The van der Waals surface area contributed by atoms with Gasteiger partial charge in [0.1, 0.15) is 0 Å². The second kappa shape index (κ2) is 6.38. The predicted octanol–water partition coefficient (Wildman–Crippen LogP) is 0.735. The van der Waals surface area contributed by atoms with Gasteiger partial charge < -0.3 is 15.7 Å². The molecule has 0 spiro atoms. The summed E-state index contributed by atoms with van der Waals surface area (Å²) >= 11 is 0. The molecule has 3 N–H and O–H groups in total. The van der Waals surface area contributed by atoms with E-state index in [1.165, 1.54) is 19.3 Å². The van der Waals surface area contributed by atoms with E-state index in [9.17, 15) is 5.11 Å². The second-order valence-electron chi connectivity index (χ2n) is 4.58. The maximum absolute atomic E-state index is 9.22. The summed E-state index contributed by atoms with van der Waals surface area (Å²) in [5, 5.41) is 16.2. The van der Waals surface area contributed by atoms with Crippen molar-refractivity contribution in [1.82, 2.24) is 10.6 Å². The van der Waals surface area contributed by atoms with Crippen molar-refractivity contribution in [2.75, 3.05) is 19.7 Å². The number of aliphatic hydroxyl groups is 1. The molecule has 0 saturated carbocycles. The van der Waals surface area contributed by atoms with Crippen molar-refractivity contribution in [2.24, 2.45) is 5.92 Å². The Bertz CT molecular complexity index is 142. The Morgan fingerprint density at radius 2 is 2.14 bits per heavy atom. The maximum Gasteiger partial charge on any atom is 0.0587 e. The third-order valence-corrected chi connectivity index (χ3v) is 3.03. The van der Waals surface area contributed by atoms with Crippen LogP contribution in [0.25, 0.3) is 0 Å². The van der Waals surface area contributed by atoms with E-state index < -0.39 is 0 Å². The molecule has 0 aromatic rings. The molecule has 0 amide bonds. The third-order valence-electron chi connectivity index (χ3n) is 3.03. The lowest BCUT2D eigenvalue weighted by Gasteiger charge is -2.26. The van der Waals surface area contributed by atoms with Gasteiger partial charge in [-0.05, 0) is 38.3 Å². The molecule has 1 rings (SSSR count). The van der Waals surface area contributed by atoms with E-state index in [2.05, 4.69) is 24.5 Å². The van der Waals surface area contributed by atoms with Crippen LogP contribution in [0, 0.1) is 5.92 Å². The second-order valence-corrected chi connectivity index (χ2v) is 4.58. The monoisotopic (exact) mass is 200 g/mol. The molecule has 3 nitrogen and oxygen atoms in total. The number of rotatable bonds is 4. The summed E-state index contributed by atoms with van der Waals surface area (Å²) in [6, 6.07) is 0.850. The van der Waals surface area contributed by atoms with Gasteiger partial charge in [-0.3, -0.25) is 0 Å². The molecule has 1 aliphatic rings. The molecule has 1 saturated heterocycles. The van der Waals surface area contributed by atoms with Gasteiger partial charge in [-0.2, -0.15) is 0 Å². The van der Waals surface area contributed by atoms with Gasteiger partial charge in [0.05, 0.1) is 6.61 Å². The first-order valence-corrected chi connectivity index (χ1v) is 5.81. The van der Waals surface area contributed by atoms with Crippen molar-refractivity contribution in [2.45, 2.75) is 45.2 Å². The van der Waals surface area contributed by atoms with Gasteiger partial charge in [0.15, 0.2) is 0 Å². The van der Waals surface area contributed by atoms with E-state index in [-0.39, 0.29) is 12.6 Å². The van der Waals surface area contributed by atoms with Gasteiger partial charge in [0.25, 0.3) is 0 Å². The van der Waals surface area contributed by atoms with Crippen molar-refractivity contribution >= 4 is 0 Å². The average molecular weight is 200 g/mol. The van der Waals surface area contributed by atoms with Crippen LogP contribution in [0.4, 0.5) is 0 Å². The number of nitrogens with one attached hydrogen (secondary N) is 2. The van der Waals surface area contributed by atoms with E-state index in [1.54, 1.807) is 0 Å². The summed E-state index contributed by atoms with van der Waals surface area (Å²) in [6.45, 7) is 6.81. The predicted molar refractivity (Wildman–Crippen MR) is 59.4 cm³/mol. The van der Waals surface area contributed by atoms with Crippen LogP contribution in [0.2, 0.25) is 0 Å². The molecule has 1 heterocycles. The first-order chi connectivity index (χ1) is 6.74. The minimum atomic E-state index is 0.252. The molecule has 0 radical (unpaired) electrons. The van der Waals surface area contributed by atoms with Crippen LogP contribution in [0.15, 0.2) is 0 Å². The van der Waals surface area contributed by atoms with Crippen LogP contribution in [-0.2, 0) is 0 Å². The smallest absolute Gasteiger partial charge is 0.0587 e.